The number of carbonyl (C=O) groups excluding carboxylic acids is 1. The van der Waals surface area contributed by atoms with Gasteiger partial charge in [-0.2, -0.15) is 0 Å². The summed E-state index contributed by atoms with van der Waals surface area (Å²) >= 11 is 0. The number of carbonyl (C=O) groups is 1. The van der Waals surface area contributed by atoms with Crippen LogP contribution in [0.25, 0.3) is 11.5 Å². The third kappa shape index (κ3) is 3.21. The zero-order chi connectivity index (χ0) is 16.2. The molecule has 0 radical (unpaired) electrons. The van der Waals surface area contributed by atoms with Crippen LogP contribution in [0.4, 0.5) is 11.7 Å². The average Bonchev–Trinajstić information content (AvgIpc) is 3.04. The van der Waals surface area contributed by atoms with Crippen molar-refractivity contribution in [3.05, 3.63) is 70.3 Å². The molecule has 0 saturated carbocycles. The molecule has 0 saturated heterocycles. The minimum Gasteiger partial charge on any atom is -0.403 e. The summed E-state index contributed by atoms with van der Waals surface area (Å²) in [4.78, 5) is 22.1. The lowest BCUT2D eigenvalue weighted by atomic mass is 10.2. The SMILES string of the molecule is O=C(Nc1nnc(-c2ccc([N+](=O)[O-])cc2)o1)c1ccccc1. The summed E-state index contributed by atoms with van der Waals surface area (Å²) in [5.41, 5.74) is 0.941. The molecule has 1 N–H and O–H groups in total. The number of non-ortho nitro benzene ring substituents is 1. The molecule has 2 aromatic carbocycles. The van der Waals surface area contributed by atoms with E-state index in [1.807, 2.05) is 0 Å². The third-order valence-corrected chi connectivity index (χ3v) is 3.01. The maximum atomic E-state index is 12.0. The van der Waals surface area contributed by atoms with Crippen molar-refractivity contribution in [1.29, 1.82) is 0 Å². The maximum absolute atomic E-state index is 12.0. The van der Waals surface area contributed by atoms with E-state index in [0.29, 0.717) is 11.1 Å². The highest BCUT2D eigenvalue weighted by molar-refractivity contribution is 6.03. The molecule has 0 atom stereocenters. The molecule has 8 nitrogen and oxygen atoms in total. The van der Waals surface area contributed by atoms with E-state index in [4.69, 9.17) is 4.42 Å². The molecule has 0 spiro atoms. The standard InChI is InChI=1S/C15H10N4O4/c20-13(10-4-2-1-3-5-10)16-15-18-17-14(23-15)11-6-8-12(9-7-11)19(21)22/h1-9H,(H,16,18,20). The van der Waals surface area contributed by atoms with Crippen molar-refractivity contribution in [1.82, 2.24) is 10.2 Å². The van der Waals surface area contributed by atoms with E-state index >= 15 is 0 Å². The number of nitrogens with one attached hydrogen (secondary N) is 1. The molecule has 8 heteroatoms. The largest absolute Gasteiger partial charge is 0.403 e. The smallest absolute Gasteiger partial charge is 0.322 e. The molecule has 1 aromatic heterocycles. The van der Waals surface area contributed by atoms with Gasteiger partial charge in [-0.25, -0.2) is 0 Å². The monoisotopic (exact) mass is 310 g/mol. The molecule has 23 heavy (non-hydrogen) atoms. The van der Waals surface area contributed by atoms with Gasteiger partial charge < -0.3 is 4.42 Å². The minimum absolute atomic E-state index is 0.0362. The van der Waals surface area contributed by atoms with Crippen LogP contribution >= 0.6 is 0 Å². The number of nitro benzene ring substituents is 1. The van der Waals surface area contributed by atoms with Gasteiger partial charge in [-0.1, -0.05) is 23.3 Å². The second-order valence-electron chi connectivity index (χ2n) is 4.54. The predicted molar refractivity (Wildman–Crippen MR) is 80.8 cm³/mol. The van der Waals surface area contributed by atoms with Crippen molar-refractivity contribution in [2.75, 3.05) is 5.32 Å². The quantitative estimate of drug-likeness (QED) is 0.586. The van der Waals surface area contributed by atoms with Crippen LogP contribution in [0.5, 0.6) is 0 Å². The Morgan fingerprint density at radius 3 is 2.39 bits per heavy atom. The Hall–Kier alpha value is -3.55. The molecular weight excluding hydrogens is 300 g/mol. The highest BCUT2D eigenvalue weighted by atomic mass is 16.6. The van der Waals surface area contributed by atoms with Crippen molar-refractivity contribution in [3.63, 3.8) is 0 Å². The molecule has 0 aliphatic carbocycles. The van der Waals surface area contributed by atoms with Crippen LogP contribution in [-0.4, -0.2) is 21.0 Å². The van der Waals surface area contributed by atoms with Gasteiger partial charge in [0.2, 0.25) is 5.89 Å². The minimum atomic E-state index is -0.497. The van der Waals surface area contributed by atoms with E-state index in [1.165, 1.54) is 24.3 Å². The summed E-state index contributed by atoms with van der Waals surface area (Å²) in [7, 11) is 0. The van der Waals surface area contributed by atoms with E-state index in [0.717, 1.165) is 0 Å². The number of hydrogen-bond acceptors (Lipinski definition) is 6. The molecular formula is C15H10N4O4. The Balaban J connectivity index is 1.75. The Labute approximate surface area is 129 Å². The molecule has 0 unspecified atom stereocenters. The van der Waals surface area contributed by atoms with E-state index in [1.54, 1.807) is 30.3 Å². The summed E-state index contributed by atoms with van der Waals surface area (Å²) in [6.07, 6.45) is 0. The van der Waals surface area contributed by atoms with Crippen molar-refractivity contribution < 1.29 is 14.1 Å². The van der Waals surface area contributed by atoms with Crippen LogP contribution in [0, 0.1) is 10.1 Å². The molecule has 3 aromatic rings. The maximum Gasteiger partial charge on any atom is 0.322 e. The highest BCUT2D eigenvalue weighted by Crippen LogP contribution is 2.22. The predicted octanol–water partition coefficient (Wildman–Crippen LogP) is 2.90. The first-order valence-corrected chi connectivity index (χ1v) is 6.58. The number of aromatic nitrogens is 2. The normalized spacial score (nSPS) is 10.3. The number of nitro groups is 1. The molecule has 1 heterocycles. The molecule has 114 valence electrons. The topological polar surface area (TPSA) is 111 Å². The summed E-state index contributed by atoms with van der Waals surface area (Å²) in [6.45, 7) is 0. The number of anilines is 1. The second kappa shape index (κ2) is 6.06. The van der Waals surface area contributed by atoms with Crippen molar-refractivity contribution in [2.24, 2.45) is 0 Å². The first kappa shape index (κ1) is 14.4. The molecule has 1 amide bonds. The van der Waals surface area contributed by atoms with Crippen LogP contribution in [-0.2, 0) is 0 Å². The lowest BCUT2D eigenvalue weighted by molar-refractivity contribution is -0.384. The van der Waals surface area contributed by atoms with Crippen LogP contribution < -0.4 is 5.32 Å². The van der Waals surface area contributed by atoms with Gasteiger partial charge >= 0.3 is 6.01 Å². The fraction of sp³-hybridized carbons (Fsp3) is 0. The van der Waals surface area contributed by atoms with Gasteiger partial charge in [-0.15, -0.1) is 5.10 Å². The van der Waals surface area contributed by atoms with Gasteiger partial charge in [0.15, 0.2) is 0 Å². The number of nitrogens with zero attached hydrogens (tertiary/aromatic N) is 3. The van der Waals surface area contributed by atoms with Gasteiger partial charge in [0.05, 0.1) is 4.92 Å². The summed E-state index contributed by atoms with van der Waals surface area (Å²) < 4.78 is 5.34. The lowest BCUT2D eigenvalue weighted by Gasteiger charge is -1.99. The lowest BCUT2D eigenvalue weighted by Crippen LogP contribution is -2.11. The fourth-order valence-corrected chi connectivity index (χ4v) is 1.87. The van der Waals surface area contributed by atoms with Gasteiger partial charge in [-0.05, 0) is 24.3 Å². The van der Waals surface area contributed by atoms with E-state index in [9.17, 15) is 14.9 Å². The fourth-order valence-electron chi connectivity index (χ4n) is 1.87. The van der Waals surface area contributed by atoms with Crippen molar-refractivity contribution in [3.8, 4) is 11.5 Å². The molecule has 0 fully saturated rings. The van der Waals surface area contributed by atoms with E-state index < -0.39 is 4.92 Å². The Morgan fingerprint density at radius 1 is 1.04 bits per heavy atom. The van der Waals surface area contributed by atoms with Crippen LogP contribution in [0.15, 0.2) is 59.0 Å². The number of amides is 1. The van der Waals surface area contributed by atoms with Crippen LogP contribution in [0.3, 0.4) is 0 Å². The summed E-state index contributed by atoms with van der Waals surface area (Å²) in [5, 5.41) is 20.6. The molecule has 0 aliphatic rings. The summed E-state index contributed by atoms with van der Waals surface area (Å²) in [5.74, 6) is -0.215. The van der Waals surface area contributed by atoms with Crippen molar-refractivity contribution in [2.45, 2.75) is 0 Å². The Morgan fingerprint density at radius 2 is 1.74 bits per heavy atom. The zero-order valence-corrected chi connectivity index (χ0v) is 11.7. The van der Waals surface area contributed by atoms with Crippen LogP contribution in [0.1, 0.15) is 10.4 Å². The molecule has 0 bridgehead atoms. The zero-order valence-electron chi connectivity index (χ0n) is 11.7. The van der Waals surface area contributed by atoms with Gasteiger partial charge in [0, 0.05) is 23.3 Å². The number of hydrogen-bond donors (Lipinski definition) is 1. The Kier molecular flexibility index (Phi) is 3.79. The van der Waals surface area contributed by atoms with E-state index in [2.05, 4.69) is 15.5 Å². The molecule has 3 rings (SSSR count). The van der Waals surface area contributed by atoms with Gasteiger partial charge in [-0.3, -0.25) is 20.2 Å². The third-order valence-electron chi connectivity index (χ3n) is 3.01. The summed E-state index contributed by atoms with van der Waals surface area (Å²) in [6, 6.07) is 14.2. The van der Waals surface area contributed by atoms with Gasteiger partial charge in [0.1, 0.15) is 0 Å². The van der Waals surface area contributed by atoms with Crippen LogP contribution in [0.2, 0.25) is 0 Å². The van der Waals surface area contributed by atoms with Crippen molar-refractivity contribution >= 4 is 17.6 Å². The number of benzene rings is 2. The first-order valence-electron chi connectivity index (χ1n) is 6.58. The average molecular weight is 310 g/mol. The van der Waals surface area contributed by atoms with Gasteiger partial charge in [0.25, 0.3) is 11.6 Å². The molecule has 0 aliphatic heterocycles. The highest BCUT2D eigenvalue weighted by Gasteiger charge is 2.13. The number of rotatable bonds is 4. The van der Waals surface area contributed by atoms with E-state index in [-0.39, 0.29) is 23.5 Å². The Bertz CT molecular complexity index is 843. The second-order valence-corrected chi connectivity index (χ2v) is 4.54. The first-order chi connectivity index (χ1) is 11.1.